The van der Waals surface area contributed by atoms with Gasteiger partial charge in [-0.05, 0) is 34.5 Å². The van der Waals surface area contributed by atoms with Gasteiger partial charge in [0.25, 0.3) is 0 Å². The molecule has 0 aliphatic rings. The lowest BCUT2D eigenvalue weighted by Crippen LogP contribution is -2.10. The van der Waals surface area contributed by atoms with Gasteiger partial charge >= 0.3 is 0 Å². The normalized spacial score (nSPS) is 9.65. The van der Waals surface area contributed by atoms with Crippen molar-refractivity contribution in [1.29, 1.82) is 5.26 Å². The van der Waals surface area contributed by atoms with Crippen molar-refractivity contribution in [1.82, 2.24) is 0 Å². The summed E-state index contributed by atoms with van der Waals surface area (Å²) in [5.41, 5.74) is 1.45. The molecule has 0 aliphatic carbocycles. The van der Waals surface area contributed by atoms with Gasteiger partial charge in [-0.25, -0.2) is 0 Å². The van der Waals surface area contributed by atoms with Gasteiger partial charge in [0.1, 0.15) is 6.07 Å². The summed E-state index contributed by atoms with van der Waals surface area (Å²) in [4.78, 5) is 0. The van der Waals surface area contributed by atoms with Crippen molar-refractivity contribution in [3.05, 3.63) is 40.9 Å². The topological polar surface area (TPSA) is 45.0 Å². The van der Waals surface area contributed by atoms with Gasteiger partial charge in [-0.2, -0.15) is 5.26 Å². The second-order valence-corrected chi connectivity index (χ2v) is 4.25. The van der Waals surface area contributed by atoms with Crippen LogP contribution in [0.4, 0.5) is 5.69 Å². The average Bonchev–Trinajstić information content (AvgIpc) is 2.34. The molecule has 0 heterocycles. The molecule has 1 aromatic carbocycles. The highest BCUT2D eigenvalue weighted by atomic mass is 79.9. The van der Waals surface area contributed by atoms with Crippen LogP contribution in [-0.2, 0) is 4.74 Å². The summed E-state index contributed by atoms with van der Waals surface area (Å²) in [5, 5.41) is 12.2. The Morgan fingerprint density at radius 2 is 2.29 bits per heavy atom. The maximum Gasteiger partial charge on any atom is 0.103 e. The van der Waals surface area contributed by atoms with E-state index in [2.05, 4.69) is 33.9 Å². The van der Waals surface area contributed by atoms with Crippen molar-refractivity contribution in [2.24, 2.45) is 0 Å². The summed E-state index contributed by atoms with van der Waals surface area (Å²) >= 11 is 3.35. The van der Waals surface area contributed by atoms with E-state index in [-0.39, 0.29) is 0 Å². The lowest BCUT2D eigenvalue weighted by molar-refractivity contribution is 0.149. The van der Waals surface area contributed by atoms with E-state index in [0.717, 1.165) is 16.6 Å². The number of ether oxygens (including phenoxy) is 1. The first kappa shape index (κ1) is 13.8. The van der Waals surface area contributed by atoms with Gasteiger partial charge < -0.3 is 10.1 Å². The van der Waals surface area contributed by atoms with Gasteiger partial charge in [-0.1, -0.05) is 12.1 Å². The average molecular weight is 295 g/mol. The van der Waals surface area contributed by atoms with Gasteiger partial charge in [-0.3, -0.25) is 0 Å². The van der Waals surface area contributed by atoms with E-state index in [9.17, 15) is 0 Å². The lowest BCUT2D eigenvalue weighted by atomic mass is 10.2. The van der Waals surface area contributed by atoms with Crippen LogP contribution in [0.2, 0.25) is 0 Å². The van der Waals surface area contributed by atoms with Gasteiger partial charge in [0.15, 0.2) is 0 Å². The Morgan fingerprint density at radius 1 is 1.47 bits per heavy atom. The Bertz CT molecular complexity index is 412. The van der Waals surface area contributed by atoms with E-state index in [4.69, 9.17) is 10.00 Å². The van der Waals surface area contributed by atoms with Crippen LogP contribution in [0.3, 0.4) is 0 Å². The molecule has 0 radical (unpaired) electrons. The predicted octanol–water partition coefficient (Wildman–Crippen LogP) is 3.33. The number of anilines is 1. The Hall–Kier alpha value is -1.31. The monoisotopic (exact) mass is 294 g/mol. The Balaban J connectivity index is 2.39. The molecule has 1 N–H and O–H groups in total. The van der Waals surface area contributed by atoms with Crippen LogP contribution in [0.5, 0.6) is 0 Å². The van der Waals surface area contributed by atoms with Gasteiger partial charge in [0.05, 0.1) is 24.5 Å². The van der Waals surface area contributed by atoms with Crippen molar-refractivity contribution in [3.63, 3.8) is 0 Å². The van der Waals surface area contributed by atoms with Gasteiger partial charge in [0, 0.05) is 11.0 Å². The number of nitrogens with one attached hydrogen (secondary N) is 1. The Kier molecular flexibility index (Phi) is 6.38. The zero-order valence-corrected chi connectivity index (χ0v) is 11.2. The van der Waals surface area contributed by atoms with E-state index in [1.54, 1.807) is 0 Å². The molecule has 1 rings (SSSR count). The fourth-order valence-corrected chi connectivity index (χ4v) is 1.77. The summed E-state index contributed by atoms with van der Waals surface area (Å²) in [5.74, 6) is 0. The smallest absolute Gasteiger partial charge is 0.103 e. The minimum absolute atomic E-state index is 0.616. The van der Waals surface area contributed by atoms with Crippen molar-refractivity contribution < 1.29 is 4.74 Å². The number of nitrogens with zero attached hydrogens (tertiary/aromatic N) is 1. The molecule has 0 aliphatic heterocycles. The van der Waals surface area contributed by atoms with E-state index in [1.807, 2.05) is 24.3 Å². The third kappa shape index (κ3) is 4.59. The van der Waals surface area contributed by atoms with E-state index in [1.165, 1.54) is 0 Å². The van der Waals surface area contributed by atoms with E-state index < -0.39 is 0 Å². The highest BCUT2D eigenvalue weighted by molar-refractivity contribution is 9.10. The minimum atomic E-state index is 0.616. The number of benzene rings is 1. The highest BCUT2D eigenvalue weighted by Crippen LogP contribution is 2.23. The first-order valence-electron chi connectivity index (χ1n) is 5.40. The largest absolute Gasteiger partial charge is 0.382 e. The van der Waals surface area contributed by atoms with Crippen molar-refractivity contribution in [2.45, 2.75) is 6.42 Å². The number of rotatable bonds is 7. The van der Waals surface area contributed by atoms with Gasteiger partial charge in [0.2, 0.25) is 0 Å². The van der Waals surface area contributed by atoms with E-state index in [0.29, 0.717) is 25.3 Å². The maximum absolute atomic E-state index is 9.01. The van der Waals surface area contributed by atoms with Gasteiger partial charge in [-0.15, -0.1) is 6.58 Å². The molecule has 0 aromatic heterocycles. The lowest BCUT2D eigenvalue weighted by Gasteiger charge is -2.09. The third-order valence-corrected chi connectivity index (χ3v) is 2.81. The Labute approximate surface area is 110 Å². The first-order valence-corrected chi connectivity index (χ1v) is 6.20. The van der Waals surface area contributed by atoms with Crippen LogP contribution in [-0.4, -0.2) is 19.8 Å². The van der Waals surface area contributed by atoms with Crippen LogP contribution < -0.4 is 5.32 Å². The molecule has 0 spiro atoms. The third-order valence-electron chi connectivity index (χ3n) is 2.15. The second-order valence-electron chi connectivity index (χ2n) is 3.39. The maximum atomic E-state index is 9.01. The second kappa shape index (κ2) is 7.88. The number of hydrogen-bond acceptors (Lipinski definition) is 3. The molecule has 0 unspecified atom stereocenters. The molecule has 4 heteroatoms. The van der Waals surface area contributed by atoms with E-state index >= 15 is 0 Å². The molecule has 0 atom stereocenters. The fourth-order valence-electron chi connectivity index (χ4n) is 1.31. The zero-order chi connectivity index (χ0) is 12.5. The molecule has 0 saturated heterocycles. The highest BCUT2D eigenvalue weighted by Gasteiger charge is 2.04. The summed E-state index contributed by atoms with van der Waals surface area (Å²) in [7, 11) is 0. The summed E-state index contributed by atoms with van der Waals surface area (Å²) < 4.78 is 6.17. The van der Waals surface area contributed by atoms with Crippen molar-refractivity contribution in [2.75, 3.05) is 25.1 Å². The van der Waals surface area contributed by atoms with Crippen LogP contribution in [0.1, 0.15) is 12.0 Å². The molecule has 0 bridgehead atoms. The molecule has 0 fully saturated rings. The van der Waals surface area contributed by atoms with Crippen LogP contribution in [0, 0.1) is 11.3 Å². The molecule has 90 valence electrons. The summed E-state index contributed by atoms with van der Waals surface area (Å²) in [6, 6.07) is 7.79. The predicted molar refractivity (Wildman–Crippen MR) is 73.0 cm³/mol. The SMILES string of the molecule is C=CCCOCCNc1cccc(Br)c1C#N. The molecule has 3 nitrogen and oxygen atoms in total. The molecular weight excluding hydrogens is 280 g/mol. The number of nitriles is 1. The Morgan fingerprint density at radius 3 is 3.00 bits per heavy atom. The number of halogens is 1. The standard InChI is InChI=1S/C13H15BrN2O/c1-2-3-8-17-9-7-16-13-6-4-5-12(14)11(13)10-15/h2,4-6,16H,1,3,7-9H2. The van der Waals surface area contributed by atoms with Crippen LogP contribution in [0.15, 0.2) is 35.3 Å². The van der Waals surface area contributed by atoms with Crippen molar-refractivity contribution >= 4 is 21.6 Å². The fraction of sp³-hybridized carbons (Fsp3) is 0.308. The molecule has 1 aromatic rings. The quantitative estimate of drug-likeness (QED) is 0.620. The first-order chi connectivity index (χ1) is 8.29. The zero-order valence-electron chi connectivity index (χ0n) is 9.58. The molecule has 17 heavy (non-hydrogen) atoms. The molecule has 0 amide bonds. The minimum Gasteiger partial charge on any atom is -0.382 e. The number of hydrogen-bond donors (Lipinski definition) is 1. The van der Waals surface area contributed by atoms with Crippen LogP contribution in [0.25, 0.3) is 0 Å². The molecular formula is C13H15BrN2O. The summed E-state index contributed by atoms with van der Waals surface area (Å²) in [6.45, 7) is 5.61. The van der Waals surface area contributed by atoms with Crippen LogP contribution >= 0.6 is 15.9 Å². The molecule has 0 saturated carbocycles. The summed E-state index contributed by atoms with van der Waals surface area (Å²) in [6.07, 6.45) is 2.69. The van der Waals surface area contributed by atoms with Crippen molar-refractivity contribution in [3.8, 4) is 6.07 Å².